The van der Waals surface area contributed by atoms with Gasteiger partial charge in [0.05, 0.1) is 10.6 Å². The molecule has 1 aliphatic heterocycles. The molecular formula is C17H14ClFN2O2. The largest absolute Gasteiger partial charge is 0.322 e. The van der Waals surface area contributed by atoms with Gasteiger partial charge in [0.2, 0.25) is 5.91 Å². The van der Waals surface area contributed by atoms with Gasteiger partial charge in [-0.3, -0.25) is 9.59 Å². The molecule has 0 aliphatic carbocycles. The van der Waals surface area contributed by atoms with Gasteiger partial charge >= 0.3 is 0 Å². The highest BCUT2D eigenvalue weighted by atomic mass is 35.5. The summed E-state index contributed by atoms with van der Waals surface area (Å²) < 4.78 is 13.8. The van der Waals surface area contributed by atoms with Crippen molar-refractivity contribution in [3.05, 3.63) is 58.4 Å². The van der Waals surface area contributed by atoms with Crippen molar-refractivity contribution in [2.45, 2.75) is 12.8 Å². The minimum Gasteiger partial charge on any atom is -0.322 e. The lowest BCUT2D eigenvalue weighted by Gasteiger charge is -2.26. The van der Waals surface area contributed by atoms with Crippen molar-refractivity contribution in [3.8, 4) is 0 Å². The Kier molecular flexibility index (Phi) is 4.05. The summed E-state index contributed by atoms with van der Waals surface area (Å²) in [5.41, 5.74) is 2.14. The van der Waals surface area contributed by atoms with Crippen molar-refractivity contribution in [1.82, 2.24) is 0 Å². The van der Waals surface area contributed by atoms with Crippen LogP contribution in [0.4, 0.5) is 15.8 Å². The van der Waals surface area contributed by atoms with Gasteiger partial charge in [0.25, 0.3) is 5.91 Å². The maximum Gasteiger partial charge on any atom is 0.260 e. The maximum absolute atomic E-state index is 13.8. The molecule has 0 fully saturated rings. The topological polar surface area (TPSA) is 49.4 Å². The van der Waals surface area contributed by atoms with Gasteiger partial charge in [0, 0.05) is 24.8 Å². The number of amides is 2. The molecule has 0 unspecified atom stereocenters. The van der Waals surface area contributed by atoms with E-state index in [-0.39, 0.29) is 16.5 Å². The third kappa shape index (κ3) is 2.92. The number of hydrogen-bond donors (Lipinski definition) is 1. The van der Waals surface area contributed by atoms with Gasteiger partial charge in [0.1, 0.15) is 5.82 Å². The molecule has 4 nitrogen and oxygen atoms in total. The van der Waals surface area contributed by atoms with Crippen LogP contribution in [0.2, 0.25) is 5.02 Å². The molecule has 2 aromatic rings. The molecule has 23 heavy (non-hydrogen) atoms. The molecule has 3 rings (SSSR count). The second-order valence-corrected chi connectivity index (χ2v) is 5.75. The zero-order valence-electron chi connectivity index (χ0n) is 12.4. The summed E-state index contributed by atoms with van der Waals surface area (Å²) in [5, 5.41) is 2.71. The summed E-state index contributed by atoms with van der Waals surface area (Å²) in [6, 6.07) is 9.35. The summed E-state index contributed by atoms with van der Waals surface area (Å²) in [7, 11) is 1.72. The SMILES string of the molecule is CN1C(=O)CCc2cc(NC(=O)c3c(F)cccc3Cl)ccc21. The van der Waals surface area contributed by atoms with Crippen LogP contribution in [0, 0.1) is 5.82 Å². The number of anilines is 2. The Labute approximate surface area is 137 Å². The van der Waals surface area contributed by atoms with Crippen molar-refractivity contribution in [3.63, 3.8) is 0 Å². The van der Waals surface area contributed by atoms with Crippen LogP contribution in [0.25, 0.3) is 0 Å². The zero-order chi connectivity index (χ0) is 16.6. The lowest BCUT2D eigenvalue weighted by molar-refractivity contribution is -0.118. The number of hydrogen-bond acceptors (Lipinski definition) is 2. The van der Waals surface area contributed by atoms with Gasteiger partial charge in [0.15, 0.2) is 0 Å². The van der Waals surface area contributed by atoms with E-state index in [1.165, 1.54) is 18.2 Å². The van der Waals surface area contributed by atoms with Gasteiger partial charge in [-0.25, -0.2) is 4.39 Å². The third-order valence-electron chi connectivity index (χ3n) is 3.87. The molecular weight excluding hydrogens is 319 g/mol. The normalized spacial score (nSPS) is 13.7. The highest BCUT2D eigenvalue weighted by Gasteiger charge is 2.22. The standard InChI is InChI=1S/C17H14ClFN2O2/c1-21-14-7-6-11(9-10(14)5-8-15(21)22)20-17(23)16-12(18)3-2-4-13(16)19/h2-4,6-7,9H,5,8H2,1H3,(H,20,23). The van der Waals surface area contributed by atoms with E-state index in [1.54, 1.807) is 30.1 Å². The molecule has 1 heterocycles. The molecule has 0 saturated heterocycles. The van der Waals surface area contributed by atoms with Crippen molar-refractivity contribution in [1.29, 1.82) is 0 Å². The molecule has 118 valence electrons. The predicted molar refractivity (Wildman–Crippen MR) is 87.5 cm³/mol. The second kappa shape index (κ2) is 6.01. The van der Waals surface area contributed by atoms with Crippen LogP contribution in [0.3, 0.4) is 0 Å². The Morgan fingerprint density at radius 1 is 1.26 bits per heavy atom. The number of benzene rings is 2. The minimum absolute atomic E-state index is 0.0609. The summed E-state index contributed by atoms with van der Waals surface area (Å²) in [6.07, 6.45) is 1.04. The van der Waals surface area contributed by atoms with Crippen LogP contribution < -0.4 is 10.2 Å². The summed E-state index contributed by atoms with van der Waals surface area (Å²) >= 11 is 5.90. The first-order valence-corrected chi connectivity index (χ1v) is 7.50. The Balaban J connectivity index is 1.87. The number of carbonyl (C=O) groups is 2. The van der Waals surface area contributed by atoms with E-state index in [1.807, 2.05) is 0 Å². The molecule has 6 heteroatoms. The molecule has 1 N–H and O–H groups in total. The van der Waals surface area contributed by atoms with Gasteiger partial charge in [-0.05, 0) is 42.3 Å². The first-order valence-electron chi connectivity index (χ1n) is 7.12. The number of fused-ring (bicyclic) bond motifs is 1. The fraction of sp³-hybridized carbons (Fsp3) is 0.176. The zero-order valence-corrected chi connectivity index (χ0v) is 13.2. The fourth-order valence-electron chi connectivity index (χ4n) is 2.64. The number of nitrogens with zero attached hydrogens (tertiary/aromatic N) is 1. The smallest absolute Gasteiger partial charge is 0.260 e. The van der Waals surface area contributed by atoms with Crippen molar-refractivity contribution >= 4 is 34.8 Å². The molecule has 0 aromatic heterocycles. The van der Waals surface area contributed by atoms with E-state index in [0.29, 0.717) is 18.5 Å². The molecule has 2 aromatic carbocycles. The maximum atomic E-state index is 13.8. The number of aryl methyl sites for hydroxylation is 1. The van der Waals surface area contributed by atoms with Crippen molar-refractivity contribution < 1.29 is 14.0 Å². The van der Waals surface area contributed by atoms with Crippen LogP contribution in [-0.4, -0.2) is 18.9 Å². The lowest BCUT2D eigenvalue weighted by Crippen LogP contribution is -2.31. The average Bonchev–Trinajstić information content (AvgIpc) is 2.51. The van der Waals surface area contributed by atoms with E-state index in [2.05, 4.69) is 5.32 Å². The first-order chi connectivity index (χ1) is 11.0. The summed E-state index contributed by atoms with van der Waals surface area (Å²) in [5.74, 6) is -1.21. The van der Waals surface area contributed by atoms with Crippen LogP contribution in [0.1, 0.15) is 22.3 Å². The number of rotatable bonds is 2. The highest BCUT2D eigenvalue weighted by Crippen LogP contribution is 2.29. The van der Waals surface area contributed by atoms with Crippen LogP contribution in [0.15, 0.2) is 36.4 Å². The van der Waals surface area contributed by atoms with Crippen molar-refractivity contribution in [2.24, 2.45) is 0 Å². The van der Waals surface area contributed by atoms with E-state index in [4.69, 9.17) is 11.6 Å². The van der Waals surface area contributed by atoms with Gasteiger partial charge in [-0.1, -0.05) is 17.7 Å². The van der Waals surface area contributed by atoms with Crippen LogP contribution in [-0.2, 0) is 11.2 Å². The van der Waals surface area contributed by atoms with E-state index >= 15 is 0 Å². The predicted octanol–water partition coefficient (Wildman–Crippen LogP) is 3.64. The Bertz CT molecular complexity index is 787. The van der Waals surface area contributed by atoms with E-state index < -0.39 is 11.7 Å². The Morgan fingerprint density at radius 2 is 2.04 bits per heavy atom. The van der Waals surface area contributed by atoms with Crippen LogP contribution >= 0.6 is 11.6 Å². The monoisotopic (exact) mass is 332 g/mol. The third-order valence-corrected chi connectivity index (χ3v) is 4.19. The summed E-state index contributed by atoms with van der Waals surface area (Å²) in [4.78, 5) is 25.5. The summed E-state index contributed by atoms with van der Waals surface area (Å²) in [6.45, 7) is 0. The van der Waals surface area contributed by atoms with Gasteiger partial charge in [-0.15, -0.1) is 0 Å². The van der Waals surface area contributed by atoms with E-state index in [9.17, 15) is 14.0 Å². The molecule has 0 radical (unpaired) electrons. The molecule has 2 amide bonds. The quantitative estimate of drug-likeness (QED) is 0.912. The molecule has 0 spiro atoms. The van der Waals surface area contributed by atoms with Gasteiger partial charge in [-0.2, -0.15) is 0 Å². The number of nitrogens with one attached hydrogen (secondary N) is 1. The fourth-order valence-corrected chi connectivity index (χ4v) is 2.89. The Morgan fingerprint density at radius 3 is 2.78 bits per heavy atom. The highest BCUT2D eigenvalue weighted by molar-refractivity contribution is 6.34. The first kappa shape index (κ1) is 15.5. The van der Waals surface area contributed by atoms with Crippen LogP contribution in [0.5, 0.6) is 0 Å². The molecule has 0 atom stereocenters. The lowest BCUT2D eigenvalue weighted by atomic mass is 10.0. The molecule has 1 aliphatic rings. The van der Waals surface area contributed by atoms with Crippen molar-refractivity contribution in [2.75, 3.05) is 17.3 Å². The average molecular weight is 333 g/mol. The minimum atomic E-state index is -0.668. The number of halogens is 2. The molecule has 0 saturated carbocycles. The molecule has 0 bridgehead atoms. The Hall–Kier alpha value is -2.40. The second-order valence-electron chi connectivity index (χ2n) is 5.35. The number of carbonyl (C=O) groups excluding carboxylic acids is 2. The van der Waals surface area contributed by atoms with E-state index in [0.717, 1.165) is 11.3 Å². The van der Waals surface area contributed by atoms with Gasteiger partial charge < -0.3 is 10.2 Å².